The van der Waals surface area contributed by atoms with Crippen molar-refractivity contribution >= 4 is 21.9 Å². The SMILES string of the molecule is CCCCN=C(NN)N(C)Cc1ccccc1Br. The molecule has 0 amide bonds. The van der Waals surface area contributed by atoms with Crippen LogP contribution in [-0.2, 0) is 6.54 Å². The van der Waals surface area contributed by atoms with E-state index in [9.17, 15) is 0 Å². The van der Waals surface area contributed by atoms with Crippen molar-refractivity contribution in [1.29, 1.82) is 0 Å². The predicted octanol–water partition coefficient (Wildman–Crippen LogP) is 2.50. The van der Waals surface area contributed by atoms with Gasteiger partial charge < -0.3 is 4.90 Å². The summed E-state index contributed by atoms with van der Waals surface area (Å²) in [5.74, 6) is 6.23. The maximum atomic E-state index is 5.51. The van der Waals surface area contributed by atoms with Gasteiger partial charge in [0.1, 0.15) is 0 Å². The van der Waals surface area contributed by atoms with E-state index in [2.05, 4.69) is 39.3 Å². The third-order valence-corrected chi connectivity index (χ3v) is 3.40. The van der Waals surface area contributed by atoms with Gasteiger partial charge in [0.05, 0.1) is 0 Å². The Balaban J connectivity index is 2.65. The lowest BCUT2D eigenvalue weighted by Crippen LogP contribution is -2.42. The first kappa shape index (κ1) is 15.0. The molecule has 100 valence electrons. The van der Waals surface area contributed by atoms with Crippen LogP contribution in [0.25, 0.3) is 0 Å². The number of aliphatic imine (C=N–C) groups is 1. The van der Waals surface area contributed by atoms with Crippen LogP contribution in [0.1, 0.15) is 25.3 Å². The van der Waals surface area contributed by atoms with Gasteiger partial charge in [-0.2, -0.15) is 0 Å². The highest BCUT2D eigenvalue weighted by molar-refractivity contribution is 9.10. The number of nitrogens with one attached hydrogen (secondary N) is 1. The van der Waals surface area contributed by atoms with Crippen LogP contribution in [0.4, 0.5) is 0 Å². The Morgan fingerprint density at radius 3 is 2.78 bits per heavy atom. The zero-order valence-electron chi connectivity index (χ0n) is 11.0. The van der Waals surface area contributed by atoms with Crippen molar-refractivity contribution in [3.05, 3.63) is 34.3 Å². The second kappa shape index (κ2) is 8.11. The van der Waals surface area contributed by atoms with Crippen LogP contribution in [0.2, 0.25) is 0 Å². The van der Waals surface area contributed by atoms with Crippen molar-refractivity contribution in [3.63, 3.8) is 0 Å². The monoisotopic (exact) mass is 312 g/mol. The third kappa shape index (κ3) is 4.66. The highest BCUT2D eigenvalue weighted by atomic mass is 79.9. The van der Waals surface area contributed by atoms with Crippen LogP contribution in [0, 0.1) is 0 Å². The van der Waals surface area contributed by atoms with E-state index in [0.29, 0.717) is 0 Å². The minimum absolute atomic E-state index is 0.721. The molecular formula is C13H21BrN4. The van der Waals surface area contributed by atoms with Crippen molar-refractivity contribution in [2.24, 2.45) is 10.8 Å². The standard InChI is InChI=1S/C13H21BrN4/c1-3-4-9-16-13(17-15)18(2)10-11-7-5-6-8-12(11)14/h5-8H,3-4,9-10,15H2,1-2H3,(H,16,17). The summed E-state index contributed by atoms with van der Waals surface area (Å²) >= 11 is 3.54. The van der Waals surface area contributed by atoms with E-state index in [1.807, 2.05) is 30.1 Å². The Kier molecular flexibility index (Phi) is 6.75. The molecule has 0 aliphatic rings. The summed E-state index contributed by atoms with van der Waals surface area (Å²) in [6.45, 7) is 3.71. The maximum Gasteiger partial charge on any atom is 0.208 e. The van der Waals surface area contributed by atoms with Crippen LogP contribution < -0.4 is 11.3 Å². The molecule has 0 aliphatic carbocycles. The number of nitrogens with two attached hydrogens (primary N) is 1. The number of hydrogen-bond donors (Lipinski definition) is 2. The number of benzene rings is 1. The van der Waals surface area contributed by atoms with Gasteiger partial charge in [0.15, 0.2) is 0 Å². The van der Waals surface area contributed by atoms with E-state index >= 15 is 0 Å². The molecule has 0 fully saturated rings. The highest BCUT2D eigenvalue weighted by Gasteiger charge is 2.07. The van der Waals surface area contributed by atoms with Crippen molar-refractivity contribution in [2.45, 2.75) is 26.3 Å². The van der Waals surface area contributed by atoms with Crippen molar-refractivity contribution in [2.75, 3.05) is 13.6 Å². The largest absolute Gasteiger partial charge is 0.341 e. The number of guanidine groups is 1. The average Bonchev–Trinajstić information content (AvgIpc) is 2.37. The number of rotatable bonds is 5. The summed E-state index contributed by atoms with van der Waals surface area (Å²) in [5.41, 5.74) is 3.87. The van der Waals surface area contributed by atoms with Gasteiger partial charge in [0.2, 0.25) is 5.96 Å². The predicted molar refractivity (Wildman–Crippen MR) is 80.1 cm³/mol. The van der Waals surface area contributed by atoms with E-state index < -0.39 is 0 Å². The minimum Gasteiger partial charge on any atom is -0.341 e. The van der Waals surface area contributed by atoms with Gasteiger partial charge in [-0.25, -0.2) is 5.84 Å². The minimum atomic E-state index is 0.721. The van der Waals surface area contributed by atoms with Crippen LogP contribution in [-0.4, -0.2) is 24.5 Å². The fraction of sp³-hybridized carbons (Fsp3) is 0.462. The number of halogens is 1. The summed E-state index contributed by atoms with van der Waals surface area (Å²) in [6, 6.07) is 8.15. The Hall–Kier alpha value is -1.07. The quantitative estimate of drug-likeness (QED) is 0.289. The Labute approximate surface area is 117 Å². The Morgan fingerprint density at radius 2 is 2.17 bits per heavy atom. The first-order valence-corrected chi connectivity index (χ1v) is 6.94. The molecule has 4 nitrogen and oxygen atoms in total. The molecule has 1 rings (SSSR count). The number of unbranched alkanes of at least 4 members (excludes halogenated alkanes) is 1. The Morgan fingerprint density at radius 1 is 1.44 bits per heavy atom. The molecule has 0 bridgehead atoms. The van der Waals surface area contributed by atoms with Gasteiger partial charge in [-0.05, 0) is 18.1 Å². The lowest BCUT2D eigenvalue weighted by atomic mass is 10.2. The van der Waals surface area contributed by atoms with Gasteiger partial charge in [0.25, 0.3) is 0 Å². The number of hydrogen-bond acceptors (Lipinski definition) is 2. The molecule has 0 aliphatic heterocycles. The lowest BCUT2D eigenvalue weighted by molar-refractivity contribution is 0.475. The van der Waals surface area contributed by atoms with Gasteiger partial charge in [-0.15, -0.1) is 0 Å². The van der Waals surface area contributed by atoms with Gasteiger partial charge in [-0.1, -0.05) is 47.5 Å². The number of nitrogens with zero attached hydrogens (tertiary/aromatic N) is 2. The van der Waals surface area contributed by atoms with Crippen molar-refractivity contribution in [1.82, 2.24) is 10.3 Å². The summed E-state index contributed by atoms with van der Waals surface area (Å²) in [7, 11) is 1.98. The van der Waals surface area contributed by atoms with Crippen molar-refractivity contribution in [3.8, 4) is 0 Å². The fourth-order valence-electron chi connectivity index (χ4n) is 1.58. The second-order valence-electron chi connectivity index (χ2n) is 4.15. The van der Waals surface area contributed by atoms with Gasteiger partial charge in [-0.3, -0.25) is 10.4 Å². The van der Waals surface area contributed by atoms with Crippen LogP contribution in [0.15, 0.2) is 33.7 Å². The molecule has 1 aromatic carbocycles. The summed E-state index contributed by atoms with van der Waals surface area (Å²) in [5, 5.41) is 0. The average molecular weight is 313 g/mol. The van der Waals surface area contributed by atoms with E-state index in [1.54, 1.807) is 0 Å². The van der Waals surface area contributed by atoms with Crippen molar-refractivity contribution < 1.29 is 0 Å². The highest BCUT2D eigenvalue weighted by Crippen LogP contribution is 2.17. The molecule has 0 atom stereocenters. The summed E-state index contributed by atoms with van der Waals surface area (Å²) in [4.78, 5) is 6.46. The molecule has 1 aromatic rings. The first-order valence-electron chi connectivity index (χ1n) is 6.14. The molecule has 0 spiro atoms. The van der Waals surface area contributed by atoms with Crippen LogP contribution >= 0.6 is 15.9 Å². The molecule has 3 N–H and O–H groups in total. The van der Waals surface area contributed by atoms with E-state index in [1.165, 1.54) is 5.56 Å². The molecule has 18 heavy (non-hydrogen) atoms. The van der Waals surface area contributed by atoms with E-state index in [4.69, 9.17) is 5.84 Å². The van der Waals surface area contributed by atoms with Crippen LogP contribution in [0.3, 0.4) is 0 Å². The molecule has 0 unspecified atom stereocenters. The molecule has 0 heterocycles. The molecule has 0 saturated carbocycles. The molecule has 5 heteroatoms. The smallest absolute Gasteiger partial charge is 0.208 e. The number of hydrazine groups is 1. The lowest BCUT2D eigenvalue weighted by Gasteiger charge is -2.21. The topological polar surface area (TPSA) is 53.6 Å². The van der Waals surface area contributed by atoms with Crippen LogP contribution in [0.5, 0.6) is 0 Å². The summed E-state index contributed by atoms with van der Waals surface area (Å²) < 4.78 is 1.10. The normalized spacial score (nSPS) is 11.4. The van der Waals surface area contributed by atoms with E-state index in [0.717, 1.165) is 36.4 Å². The van der Waals surface area contributed by atoms with Gasteiger partial charge in [0, 0.05) is 24.6 Å². The fourth-order valence-corrected chi connectivity index (χ4v) is 1.99. The third-order valence-electron chi connectivity index (χ3n) is 2.63. The van der Waals surface area contributed by atoms with Gasteiger partial charge >= 0.3 is 0 Å². The zero-order valence-corrected chi connectivity index (χ0v) is 12.6. The Bertz CT molecular complexity index is 392. The molecule has 0 saturated heterocycles. The van der Waals surface area contributed by atoms with E-state index in [-0.39, 0.29) is 0 Å². The second-order valence-corrected chi connectivity index (χ2v) is 5.01. The molecule has 0 aromatic heterocycles. The summed E-state index contributed by atoms with van der Waals surface area (Å²) in [6.07, 6.45) is 2.21. The first-order chi connectivity index (χ1) is 8.69. The molecule has 0 radical (unpaired) electrons. The maximum absolute atomic E-state index is 5.51. The molecular weight excluding hydrogens is 292 g/mol. The zero-order chi connectivity index (χ0) is 13.4.